The van der Waals surface area contributed by atoms with Crippen molar-refractivity contribution in [2.24, 2.45) is 0 Å². The van der Waals surface area contributed by atoms with E-state index in [1.807, 2.05) is 0 Å². The molecule has 1 fully saturated rings. The highest BCUT2D eigenvalue weighted by Crippen LogP contribution is 2.62. The number of hydrogen-bond donors (Lipinski definition) is 0. The number of fused-ring (bicyclic) bond motifs is 7. The molecular formula is C32H24O. The molecule has 0 spiro atoms. The highest BCUT2D eigenvalue weighted by atomic mass is 16.5. The smallest absolute Gasteiger partial charge is 0.0915 e. The van der Waals surface area contributed by atoms with Gasteiger partial charge in [0, 0.05) is 11.8 Å². The first-order valence-corrected chi connectivity index (χ1v) is 11.8. The van der Waals surface area contributed by atoms with E-state index in [0.29, 0.717) is 11.8 Å². The van der Waals surface area contributed by atoms with Gasteiger partial charge in [-0.3, -0.25) is 0 Å². The molecule has 0 N–H and O–H groups in total. The van der Waals surface area contributed by atoms with Gasteiger partial charge < -0.3 is 4.74 Å². The summed E-state index contributed by atoms with van der Waals surface area (Å²) in [5.74, 6) is 0.674. The Morgan fingerprint density at radius 3 is 1.30 bits per heavy atom. The van der Waals surface area contributed by atoms with E-state index in [1.54, 1.807) is 0 Å². The highest BCUT2D eigenvalue weighted by Gasteiger charge is 2.56. The standard InChI is InChI=1S/C32H24O/c1-3-11-21(12-4-1)19-27-23-15-7-9-17-25(23)29-30-26-18-10-8-16-24(26)28(32(30)33-31(27)29)20-22-13-5-2-6-14-22/h1-20,29-32H/b27-19-,28-20+/t29-,30-,31-,32+/m1/s1. The van der Waals surface area contributed by atoms with Crippen LogP contribution in [-0.4, -0.2) is 12.2 Å². The molecule has 0 radical (unpaired) electrons. The first kappa shape index (κ1) is 18.8. The molecular weight excluding hydrogens is 400 g/mol. The Kier molecular flexibility index (Phi) is 4.25. The van der Waals surface area contributed by atoms with Gasteiger partial charge >= 0.3 is 0 Å². The molecule has 1 heteroatoms. The molecule has 1 nitrogen and oxygen atoms in total. The zero-order valence-corrected chi connectivity index (χ0v) is 18.3. The van der Waals surface area contributed by atoms with Crippen LogP contribution in [0.2, 0.25) is 0 Å². The molecule has 0 aromatic heterocycles. The minimum absolute atomic E-state index is 0.0742. The molecule has 4 atom stereocenters. The average molecular weight is 425 g/mol. The van der Waals surface area contributed by atoms with Gasteiger partial charge in [0.25, 0.3) is 0 Å². The SMILES string of the molecule is C(=C1\c2ccccc2[C@@H]2[C@H]3c4ccccc4/C(=C\c4ccccc4)[C@@H]3O[C@H]12)/c1ccccc1. The molecule has 33 heavy (non-hydrogen) atoms. The van der Waals surface area contributed by atoms with E-state index in [2.05, 4.69) is 121 Å². The fourth-order valence-corrected chi connectivity index (χ4v) is 6.14. The van der Waals surface area contributed by atoms with Crippen LogP contribution in [-0.2, 0) is 4.74 Å². The van der Waals surface area contributed by atoms with Gasteiger partial charge in [-0.25, -0.2) is 0 Å². The van der Waals surface area contributed by atoms with Crippen LogP contribution in [0.5, 0.6) is 0 Å². The number of ether oxygens (including phenoxy) is 1. The van der Waals surface area contributed by atoms with Gasteiger partial charge in [0.15, 0.2) is 0 Å². The first-order valence-electron chi connectivity index (χ1n) is 11.8. The largest absolute Gasteiger partial charge is 0.364 e. The summed E-state index contributed by atoms with van der Waals surface area (Å²) in [5, 5.41) is 0. The Morgan fingerprint density at radius 2 is 0.848 bits per heavy atom. The lowest BCUT2D eigenvalue weighted by molar-refractivity contribution is 0.110. The van der Waals surface area contributed by atoms with E-state index < -0.39 is 0 Å². The summed E-state index contributed by atoms with van der Waals surface area (Å²) in [7, 11) is 0. The fourth-order valence-electron chi connectivity index (χ4n) is 6.14. The molecule has 0 unspecified atom stereocenters. The van der Waals surface area contributed by atoms with E-state index in [4.69, 9.17) is 4.74 Å². The van der Waals surface area contributed by atoms with Crippen molar-refractivity contribution in [3.05, 3.63) is 143 Å². The van der Waals surface area contributed by atoms with E-state index in [-0.39, 0.29) is 12.2 Å². The van der Waals surface area contributed by atoms with Crippen molar-refractivity contribution in [2.75, 3.05) is 0 Å². The summed E-state index contributed by atoms with van der Waals surface area (Å²) in [4.78, 5) is 0. The molecule has 0 amide bonds. The van der Waals surface area contributed by atoms with Crippen molar-refractivity contribution >= 4 is 23.3 Å². The van der Waals surface area contributed by atoms with Crippen LogP contribution in [0.3, 0.4) is 0 Å². The van der Waals surface area contributed by atoms with Gasteiger partial charge in [0.2, 0.25) is 0 Å². The molecule has 1 aliphatic heterocycles. The lowest BCUT2D eigenvalue weighted by Gasteiger charge is -2.17. The zero-order valence-electron chi connectivity index (χ0n) is 18.3. The molecule has 2 aliphatic carbocycles. The van der Waals surface area contributed by atoms with E-state index >= 15 is 0 Å². The minimum atomic E-state index is 0.0742. The van der Waals surface area contributed by atoms with E-state index in [1.165, 1.54) is 44.5 Å². The van der Waals surface area contributed by atoms with Crippen LogP contribution in [0, 0.1) is 0 Å². The van der Waals surface area contributed by atoms with Gasteiger partial charge in [-0.2, -0.15) is 0 Å². The van der Waals surface area contributed by atoms with Crippen LogP contribution in [0.25, 0.3) is 23.3 Å². The summed E-state index contributed by atoms with van der Waals surface area (Å²) in [6, 6.07) is 39.1. The maximum Gasteiger partial charge on any atom is 0.0915 e. The maximum absolute atomic E-state index is 7.01. The third-order valence-electron chi connectivity index (χ3n) is 7.45. The third kappa shape index (κ3) is 2.90. The number of rotatable bonds is 2. The van der Waals surface area contributed by atoms with Crippen LogP contribution >= 0.6 is 0 Å². The summed E-state index contributed by atoms with van der Waals surface area (Å²) in [5.41, 5.74) is 10.6. The Morgan fingerprint density at radius 1 is 0.455 bits per heavy atom. The molecule has 1 heterocycles. The molecule has 4 aromatic carbocycles. The monoisotopic (exact) mass is 424 g/mol. The fraction of sp³-hybridized carbons (Fsp3) is 0.125. The third-order valence-corrected chi connectivity index (χ3v) is 7.45. The van der Waals surface area contributed by atoms with Crippen LogP contribution in [0.4, 0.5) is 0 Å². The summed E-state index contributed by atoms with van der Waals surface area (Å²) >= 11 is 0. The van der Waals surface area contributed by atoms with E-state index in [0.717, 1.165) is 0 Å². The molecule has 7 rings (SSSR count). The van der Waals surface area contributed by atoms with Crippen molar-refractivity contribution in [3.63, 3.8) is 0 Å². The maximum atomic E-state index is 7.01. The van der Waals surface area contributed by atoms with Gasteiger partial charge in [-0.15, -0.1) is 0 Å². The molecule has 1 saturated heterocycles. The molecule has 158 valence electrons. The average Bonchev–Trinajstić information content (AvgIpc) is 3.49. The normalized spacial score (nSPS) is 26.8. The Balaban J connectivity index is 1.40. The number of hydrogen-bond acceptors (Lipinski definition) is 1. The predicted molar refractivity (Wildman–Crippen MR) is 136 cm³/mol. The van der Waals surface area contributed by atoms with Crippen LogP contribution < -0.4 is 0 Å². The summed E-state index contributed by atoms with van der Waals surface area (Å²) < 4.78 is 7.01. The van der Waals surface area contributed by atoms with Crippen molar-refractivity contribution in [1.29, 1.82) is 0 Å². The second-order valence-corrected chi connectivity index (χ2v) is 9.22. The second kappa shape index (κ2) is 7.43. The topological polar surface area (TPSA) is 9.23 Å². The van der Waals surface area contributed by atoms with Crippen LogP contribution in [0.15, 0.2) is 109 Å². The number of benzene rings is 4. The quantitative estimate of drug-likeness (QED) is 0.325. The summed E-state index contributed by atoms with van der Waals surface area (Å²) in [6.07, 6.45) is 4.81. The summed E-state index contributed by atoms with van der Waals surface area (Å²) in [6.45, 7) is 0. The zero-order chi connectivity index (χ0) is 21.8. The lowest BCUT2D eigenvalue weighted by Crippen LogP contribution is -2.12. The van der Waals surface area contributed by atoms with Crippen molar-refractivity contribution in [1.82, 2.24) is 0 Å². The Labute approximate surface area is 194 Å². The van der Waals surface area contributed by atoms with Crippen molar-refractivity contribution in [2.45, 2.75) is 24.0 Å². The lowest BCUT2D eigenvalue weighted by atomic mass is 9.83. The van der Waals surface area contributed by atoms with Gasteiger partial charge in [-0.1, -0.05) is 109 Å². The van der Waals surface area contributed by atoms with Crippen molar-refractivity contribution in [3.8, 4) is 0 Å². The van der Waals surface area contributed by atoms with Gasteiger partial charge in [0.05, 0.1) is 12.2 Å². The Bertz CT molecular complexity index is 1290. The molecule has 4 aromatic rings. The highest BCUT2D eigenvalue weighted by molar-refractivity contribution is 5.94. The molecule has 0 saturated carbocycles. The predicted octanol–water partition coefficient (Wildman–Crippen LogP) is 7.43. The first-order chi connectivity index (χ1) is 16.4. The second-order valence-electron chi connectivity index (χ2n) is 9.22. The van der Waals surface area contributed by atoms with Gasteiger partial charge in [-0.05, 0) is 56.7 Å². The molecule has 0 bridgehead atoms. The van der Waals surface area contributed by atoms with E-state index in [9.17, 15) is 0 Å². The van der Waals surface area contributed by atoms with Gasteiger partial charge in [0.1, 0.15) is 0 Å². The Hall–Kier alpha value is -3.68. The van der Waals surface area contributed by atoms with Crippen molar-refractivity contribution < 1.29 is 4.74 Å². The van der Waals surface area contributed by atoms with Crippen LogP contribution in [0.1, 0.15) is 45.2 Å². The molecule has 3 aliphatic rings. The minimum Gasteiger partial charge on any atom is -0.364 e.